The number of piperidine rings is 1. The molecule has 0 N–H and O–H groups in total. The maximum Gasteiger partial charge on any atom is 0.339 e. The number of esters is 2. The van der Waals surface area contributed by atoms with E-state index < -0.39 is 5.97 Å². The second-order valence-corrected chi connectivity index (χ2v) is 8.33. The van der Waals surface area contributed by atoms with E-state index in [1.54, 1.807) is 11.8 Å². The molecule has 1 aromatic heterocycles. The summed E-state index contributed by atoms with van der Waals surface area (Å²) in [5, 5.41) is 0.687. The average molecular weight is 461 g/mol. The fourth-order valence-electron chi connectivity index (χ4n) is 4.36. The van der Waals surface area contributed by atoms with E-state index in [4.69, 9.17) is 14.5 Å². The summed E-state index contributed by atoms with van der Waals surface area (Å²) in [6.45, 7) is 4.51. The van der Waals surface area contributed by atoms with Crippen molar-refractivity contribution in [3.63, 3.8) is 0 Å². The summed E-state index contributed by atoms with van der Waals surface area (Å²) in [6.07, 6.45) is 1.10. The van der Waals surface area contributed by atoms with Crippen LogP contribution in [-0.2, 0) is 19.1 Å². The Balaban J connectivity index is 1.49. The topological polar surface area (TPSA) is 85.8 Å². The van der Waals surface area contributed by atoms with E-state index in [0.29, 0.717) is 60.3 Å². The Labute approximate surface area is 198 Å². The largest absolute Gasteiger partial charge is 0.466 e. The molecular formula is C27H28N2O5. The van der Waals surface area contributed by atoms with Gasteiger partial charge in [0.05, 0.1) is 29.3 Å². The third-order valence-electron chi connectivity index (χ3n) is 6.18. The summed E-state index contributed by atoms with van der Waals surface area (Å²) in [7, 11) is 0. The van der Waals surface area contributed by atoms with E-state index in [2.05, 4.69) is 0 Å². The summed E-state index contributed by atoms with van der Waals surface area (Å²) < 4.78 is 10.6. The van der Waals surface area contributed by atoms with Crippen molar-refractivity contribution in [1.82, 2.24) is 9.88 Å². The monoisotopic (exact) mass is 460 g/mol. The smallest absolute Gasteiger partial charge is 0.339 e. The number of hydrogen-bond donors (Lipinski definition) is 0. The molecule has 0 spiro atoms. The number of rotatable bonds is 6. The summed E-state index contributed by atoms with van der Waals surface area (Å²) in [4.78, 5) is 44.2. The predicted octanol–water partition coefficient (Wildman–Crippen LogP) is 4.17. The molecule has 0 unspecified atom stereocenters. The molecule has 7 heteroatoms. The number of nitrogens with zero attached hydrogens (tertiary/aromatic N) is 2. The zero-order chi connectivity index (χ0) is 24.1. The number of benzene rings is 2. The normalized spacial score (nSPS) is 14.1. The van der Waals surface area contributed by atoms with Crippen LogP contribution in [0.1, 0.15) is 35.7 Å². The first-order chi connectivity index (χ1) is 16.5. The molecule has 1 amide bonds. The lowest BCUT2D eigenvalue weighted by atomic mass is 9.97. The van der Waals surface area contributed by atoms with Crippen LogP contribution in [0, 0.1) is 12.8 Å². The zero-order valence-corrected chi connectivity index (χ0v) is 19.5. The Morgan fingerprint density at radius 1 is 0.971 bits per heavy atom. The molecule has 3 aromatic rings. The number of amides is 1. The molecule has 0 saturated carbocycles. The van der Waals surface area contributed by atoms with Gasteiger partial charge in [-0.25, -0.2) is 9.78 Å². The van der Waals surface area contributed by atoms with Gasteiger partial charge in [-0.1, -0.05) is 48.5 Å². The van der Waals surface area contributed by atoms with Gasteiger partial charge in [-0.3, -0.25) is 9.59 Å². The first kappa shape index (κ1) is 23.4. The summed E-state index contributed by atoms with van der Waals surface area (Å²) >= 11 is 0. The number of ether oxygens (including phenoxy) is 2. The van der Waals surface area contributed by atoms with Gasteiger partial charge in [0.1, 0.15) is 0 Å². The number of fused-ring (bicyclic) bond motifs is 1. The molecule has 0 atom stereocenters. The van der Waals surface area contributed by atoms with E-state index >= 15 is 0 Å². The number of likely N-dealkylation sites (tertiary alicyclic amines) is 1. The van der Waals surface area contributed by atoms with Crippen molar-refractivity contribution in [2.75, 3.05) is 26.3 Å². The lowest BCUT2D eigenvalue weighted by molar-refractivity contribution is -0.151. The number of aromatic nitrogens is 1. The number of pyridine rings is 1. The van der Waals surface area contributed by atoms with Gasteiger partial charge < -0.3 is 14.4 Å². The van der Waals surface area contributed by atoms with Crippen LogP contribution in [0.25, 0.3) is 22.2 Å². The van der Waals surface area contributed by atoms with Gasteiger partial charge in [-0.2, -0.15) is 0 Å². The van der Waals surface area contributed by atoms with Crippen LogP contribution in [-0.4, -0.2) is 54.0 Å². The molecule has 34 heavy (non-hydrogen) atoms. The van der Waals surface area contributed by atoms with Gasteiger partial charge in [-0.15, -0.1) is 0 Å². The highest BCUT2D eigenvalue weighted by atomic mass is 16.5. The van der Waals surface area contributed by atoms with E-state index in [-0.39, 0.29) is 24.4 Å². The first-order valence-electron chi connectivity index (χ1n) is 11.6. The molecule has 0 bridgehead atoms. The SMILES string of the molecule is CCOC(=O)C1CCN(C(=O)COC(=O)c2c(C)c(-c3ccccc3)nc3ccccc23)CC1. The molecule has 0 radical (unpaired) electrons. The highest BCUT2D eigenvalue weighted by Gasteiger charge is 2.29. The third kappa shape index (κ3) is 4.93. The Morgan fingerprint density at radius 2 is 1.65 bits per heavy atom. The van der Waals surface area contributed by atoms with Crippen LogP contribution in [0.2, 0.25) is 0 Å². The van der Waals surface area contributed by atoms with Crippen molar-refractivity contribution >= 4 is 28.7 Å². The quantitative estimate of drug-likeness (QED) is 0.513. The van der Waals surface area contributed by atoms with E-state index in [0.717, 1.165) is 5.56 Å². The lowest BCUT2D eigenvalue weighted by Crippen LogP contribution is -2.42. The van der Waals surface area contributed by atoms with Gasteiger partial charge in [0.25, 0.3) is 5.91 Å². The maximum absolute atomic E-state index is 13.2. The van der Waals surface area contributed by atoms with Gasteiger partial charge in [-0.05, 0) is 38.3 Å². The predicted molar refractivity (Wildman–Crippen MR) is 128 cm³/mol. The van der Waals surface area contributed by atoms with Crippen molar-refractivity contribution in [2.24, 2.45) is 5.92 Å². The van der Waals surface area contributed by atoms with Gasteiger partial charge in [0.15, 0.2) is 6.61 Å². The molecule has 0 aliphatic carbocycles. The third-order valence-corrected chi connectivity index (χ3v) is 6.18. The van der Waals surface area contributed by atoms with Crippen LogP contribution < -0.4 is 0 Å². The molecule has 2 heterocycles. The second kappa shape index (κ2) is 10.5. The van der Waals surface area contributed by atoms with E-state index in [9.17, 15) is 14.4 Å². The molecule has 1 aliphatic heterocycles. The van der Waals surface area contributed by atoms with Crippen LogP contribution >= 0.6 is 0 Å². The van der Waals surface area contributed by atoms with Gasteiger partial charge >= 0.3 is 11.9 Å². The fourth-order valence-corrected chi connectivity index (χ4v) is 4.36. The van der Waals surface area contributed by atoms with Crippen LogP contribution in [0.4, 0.5) is 0 Å². The van der Waals surface area contributed by atoms with E-state index in [1.807, 2.05) is 61.5 Å². The van der Waals surface area contributed by atoms with Crippen molar-refractivity contribution in [3.05, 3.63) is 65.7 Å². The Bertz CT molecular complexity index is 1200. The minimum Gasteiger partial charge on any atom is -0.466 e. The molecule has 1 aliphatic rings. The first-order valence-corrected chi connectivity index (χ1v) is 11.6. The minimum atomic E-state index is -0.553. The number of carbonyl (C=O) groups excluding carboxylic acids is 3. The van der Waals surface area contributed by atoms with Crippen molar-refractivity contribution in [1.29, 1.82) is 0 Å². The highest BCUT2D eigenvalue weighted by molar-refractivity contribution is 6.06. The van der Waals surface area contributed by atoms with Crippen LogP contribution in [0.3, 0.4) is 0 Å². The molecule has 1 fully saturated rings. The van der Waals surface area contributed by atoms with Crippen LogP contribution in [0.5, 0.6) is 0 Å². The van der Waals surface area contributed by atoms with Crippen molar-refractivity contribution in [3.8, 4) is 11.3 Å². The summed E-state index contributed by atoms with van der Waals surface area (Å²) in [5.41, 5.74) is 3.42. The molecule has 4 rings (SSSR count). The standard InChI is InChI=1S/C27H28N2O5/c1-3-33-26(31)20-13-15-29(16-14-20)23(30)17-34-27(32)24-18(2)25(19-9-5-4-6-10-19)28-22-12-8-7-11-21(22)24/h4-12,20H,3,13-17H2,1-2H3. The molecular weight excluding hydrogens is 432 g/mol. The minimum absolute atomic E-state index is 0.186. The second-order valence-electron chi connectivity index (χ2n) is 8.33. The summed E-state index contributed by atoms with van der Waals surface area (Å²) in [6, 6.07) is 17.1. The van der Waals surface area contributed by atoms with Crippen LogP contribution in [0.15, 0.2) is 54.6 Å². The molecule has 1 saturated heterocycles. The highest BCUT2D eigenvalue weighted by Crippen LogP contribution is 2.30. The Morgan fingerprint density at radius 3 is 2.35 bits per heavy atom. The van der Waals surface area contributed by atoms with Crippen molar-refractivity contribution in [2.45, 2.75) is 26.7 Å². The fraction of sp³-hybridized carbons (Fsp3) is 0.333. The summed E-state index contributed by atoms with van der Waals surface area (Å²) in [5.74, 6) is -1.22. The molecule has 176 valence electrons. The Kier molecular flexibility index (Phi) is 7.21. The number of hydrogen-bond acceptors (Lipinski definition) is 6. The van der Waals surface area contributed by atoms with Crippen molar-refractivity contribution < 1.29 is 23.9 Å². The van der Waals surface area contributed by atoms with E-state index in [1.165, 1.54) is 0 Å². The lowest BCUT2D eigenvalue weighted by Gasteiger charge is -2.30. The maximum atomic E-state index is 13.2. The molecule has 7 nitrogen and oxygen atoms in total. The number of carbonyl (C=O) groups is 3. The number of para-hydroxylation sites is 1. The van der Waals surface area contributed by atoms with Gasteiger partial charge in [0, 0.05) is 24.0 Å². The zero-order valence-electron chi connectivity index (χ0n) is 19.5. The Hall–Kier alpha value is -3.74. The van der Waals surface area contributed by atoms with Gasteiger partial charge in [0.2, 0.25) is 0 Å². The average Bonchev–Trinajstić information content (AvgIpc) is 2.87. The molecule has 2 aromatic carbocycles.